The van der Waals surface area contributed by atoms with Gasteiger partial charge in [0.15, 0.2) is 0 Å². The highest BCUT2D eigenvalue weighted by Crippen LogP contribution is 2.35. The maximum absolute atomic E-state index is 11.2. The van der Waals surface area contributed by atoms with Gasteiger partial charge in [-0.15, -0.1) is 11.8 Å². The van der Waals surface area contributed by atoms with E-state index in [9.17, 15) is 30.4 Å². The van der Waals surface area contributed by atoms with Crippen LogP contribution in [-0.2, 0) is 4.74 Å². The average Bonchev–Trinajstić information content (AvgIpc) is 2.84. The van der Waals surface area contributed by atoms with Crippen LogP contribution in [0.1, 0.15) is 6.92 Å². The third-order valence-corrected chi connectivity index (χ3v) is 4.64. The molecule has 132 valence electrons. The van der Waals surface area contributed by atoms with E-state index < -0.39 is 44.9 Å². The highest BCUT2D eigenvalue weighted by molar-refractivity contribution is 7.99. The van der Waals surface area contributed by atoms with Gasteiger partial charge >= 0.3 is 0 Å². The smallest absolute Gasteiger partial charge is 0.299 e. The Morgan fingerprint density at radius 1 is 1.33 bits per heavy atom. The molecule has 1 fully saturated rings. The van der Waals surface area contributed by atoms with Crippen LogP contribution in [0.25, 0.3) is 0 Å². The number of aliphatic hydroxyl groups is 2. The summed E-state index contributed by atoms with van der Waals surface area (Å²) in [6.45, 7) is 1.50. The van der Waals surface area contributed by atoms with Crippen LogP contribution >= 0.6 is 11.8 Å². The van der Waals surface area contributed by atoms with E-state index in [0.717, 1.165) is 12.1 Å². The Bertz CT molecular complexity index is 630. The van der Waals surface area contributed by atoms with E-state index in [4.69, 9.17) is 4.74 Å². The molecule has 0 spiro atoms. The van der Waals surface area contributed by atoms with Gasteiger partial charge in [0, 0.05) is 6.07 Å². The van der Waals surface area contributed by atoms with Gasteiger partial charge in [0.25, 0.3) is 11.4 Å². The number of nitrogens with zero attached hydrogens (tertiary/aromatic N) is 2. The Labute approximate surface area is 141 Å². The number of hydrogen-bond acceptors (Lipinski definition) is 9. The van der Waals surface area contributed by atoms with Crippen molar-refractivity contribution in [3.8, 4) is 0 Å². The summed E-state index contributed by atoms with van der Waals surface area (Å²) >= 11 is 1.38. The third kappa shape index (κ3) is 3.75. The van der Waals surface area contributed by atoms with Crippen molar-refractivity contribution in [1.82, 2.24) is 0 Å². The molecule has 1 aliphatic heterocycles. The summed E-state index contributed by atoms with van der Waals surface area (Å²) in [5, 5.41) is 44.3. The Balaban J connectivity index is 2.31. The molecule has 0 unspecified atom stereocenters. The Morgan fingerprint density at radius 2 is 2.04 bits per heavy atom. The molecule has 4 atom stereocenters. The van der Waals surface area contributed by atoms with E-state index in [1.165, 1.54) is 17.8 Å². The van der Waals surface area contributed by atoms with Crippen molar-refractivity contribution in [2.75, 3.05) is 17.7 Å². The first-order chi connectivity index (χ1) is 11.4. The molecule has 3 N–H and O–H groups in total. The molecular weight excluding hydrogens is 342 g/mol. The second-order valence-electron chi connectivity index (χ2n) is 5.06. The standard InChI is InChI=1S/C13H17N3O7S/c1-2-24-13-11(12(18)10(6-17)23-13)14-8-4-3-7(15(19)20)5-9(8)16(21)22/h3-5,10-14,17-18H,2,6H2,1H3/t10-,11+,12-,13+/m1/s1. The lowest BCUT2D eigenvalue weighted by Gasteiger charge is -2.22. The van der Waals surface area contributed by atoms with Gasteiger partial charge in [0.2, 0.25) is 0 Å². The minimum atomic E-state index is -1.08. The van der Waals surface area contributed by atoms with Gasteiger partial charge in [0.1, 0.15) is 23.3 Å². The largest absolute Gasteiger partial charge is 0.394 e. The molecular formula is C13H17N3O7S. The summed E-state index contributed by atoms with van der Waals surface area (Å²) < 4.78 is 5.53. The minimum Gasteiger partial charge on any atom is -0.394 e. The number of anilines is 1. The Morgan fingerprint density at radius 3 is 2.58 bits per heavy atom. The summed E-state index contributed by atoms with van der Waals surface area (Å²) in [6.07, 6.45) is -1.88. The number of nitro benzene ring substituents is 2. The van der Waals surface area contributed by atoms with Crippen molar-refractivity contribution >= 4 is 28.8 Å². The van der Waals surface area contributed by atoms with E-state index in [2.05, 4.69) is 5.32 Å². The number of non-ortho nitro benzene ring substituents is 1. The molecule has 2 rings (SSSR count). The molecule has 11 heteroatoms. The number of nitro groups is 2. The fraction of sp³-hybridized carbons (Fsp3) is 0.538. The number of nitrogens with one attached hydrogen (secondary N) is 1. The van der Waals surface area contributed by atoms with Gasteiger partial charge < -0.3 is 20.3 Å². The van der Waals surface area contributed by atoms with Crippen molar-refractivity contribution in [1.29, 1.82) is 0 Å². The van der Waals surface area contributed by atoms with Crippen molar-refractivity contribution in [3.63, 3.8) is 0 Å². The summed E-state index contributed by atoms with van der Waals surface area (Å²) in [5.74, 6) is 0.677. The average molecular weight is 359 g/mol. The second-order valence-corrected chi connectivity index (χ2v) is 6.43. The molecule has 0 aliphatic carbocycles. The lowest BCUT2D eigenvalue weighted by atomic mass is 10.1. The topological polar surface area (TPSA) is 148 Å². The normalized spacial score (nSPS) is 26.3. The van der Waals surface area contributed by atoms with E-state index in [1.54, 1.807) is 0 Å². The molecule has 1 saturated heterocycles. The Hall–Kier alpha value is -1.95. The molecule has 1 aliphatic rings. The fourth-order valence-corrected chi connectivity index (χ4v) is 3.41. The second kappa shape index (κ2) is 7.75. The molecule has 1 aromatic carbocycles. The highest BCUT2D eigenvalue weighted by atomic mass is 32.2. The lowest BCUT2D eigenvalue weighted by molar-refractivity contribution is -0.393. The van der Waals surface area contributed by atoms with Gasteiger partial charge in [-0.3, -0.25) is 20.2 Å². The SMILES string of the molecule is CCS[C@@H]1O[C@H](CO)[C@@H](O)[C@@H]1Nc1ccc([N+](=O)[O-])cc1[N+](=O)[O-]. The van der Waals surface area contributed by atoms with Crippen molar-refractivity contribution in [2.24, 2.45) is 0 Å². The number of hydrogen-bond donors (Lipinski definition) is 3. The van der Waals surface area contributed by atoms with E-state index in [-0.39, 0.29) is 12.3 Å². The molecule has 1 heterocycles. The zero-order valence-electron chi connectivity index (χ0n) is 12.7. The van der Waals surface area contributed by atoms with Gasteiger partial charge in [-0.25, -0.2) is 0 Å². The van der Waals surface area contributed by atoms with Crippen LogP contribution in [0.3, 0.4) is 0 Å². The maximum atomic E-state index is 11.2. The first-order valence-electron chi connectivity index (χ1n) is 7.14. The van der Waals surface area contributed by atoms with Crippen molar-refractivity contribution in [2.45, 2.75) is 30.6 Å². The molecule has 10 nitrogen and oxygen atoms in total. The van der Waals surface area contributed by atoms with Crippen LogP contribution in [-0.4, -0.2) is 56.1 Å². The molecule has 1 aromatic rings. The first-order valence-corrected chi connectivity index (χ1v) is 8.19. The minimum absolute atomic E-state index is 0.0403. The fourth-order valence-electron chi connectivity index (χ4n) is 2.43. The first kappa shape index (κ1) is 18.4. The van der Waals surface area contributed by atoms with E-state index in [1.807, 2.05) is 6.92 Å². The summed E-state index contributed by atoms with van der Waals surface area (Å²) in [4.78, 5) is 20.5. The summed E-state index contributed by atoms with van der Waals surface area (Å²) in [6, 6.07) is 2.52. The zero-order valence-corrected chi connectivity index (χ0v) is 13.5. The van der Waals surface area contributed by atoms with Gasteiger partial charge in [0.05, 0.1) is 28.6 Å². The molecule has 24 heavy (non-hydrogen) atoms. The number of aliphatic hydroxyl groups excluding tert-OH is 2. The third-order valence-electron chi connectivity index (χ3n) is 3.57. The number of ether oxygens (including phenoxy) is 1. The number of benzene rings is 1. The van der Waals surface area contributed by atoms with Crippen LogP contribution in [0.5, 0.6) is 0 Å². The predicted octanol–water partition coefficient (Wildman–Crippen LogP) is 1.11. The van der Waals surface area contributed by atoms with Crippen LogP contribution in [0, 0.1) is 20.2 Å². The monoisotopic (exact) mass is 359 g/mol. The van der Waals surface area contributed by atoms with E-state index >= 15 is 0 Å². The van der Waals surface area contributed by atoms with Gasteiger partial charge in [-0.2, -0.15) is 0 Å². The van der Waals surface area contributed by atoms with Crippen LogP contribution in [0.15, 0.2) is 18.2 Å². The quantitative estimate of drug-likeness (QED) is 0.481. The summed E-state index contributed by atoms with van der Waals surface area (Å²) in [7, 11) is 0. The lowest BCUT2D eigenvalue weighted by Crippen LogP contribution is -2.39. The summed E-state index contributed by atoms with van der Waals surface area (Å²) in [5.41, 5.74) is -1.34. The predicted molar refractivity (Wildman–Crippen MR) is 87.0 cm³/mol. The van der Waals surface area contributed by atoms with Crippen LogP contribution < -0.4 is 5.32 Å². The van der Waals surface area contributed by atoms with Crippen molar-refractivity contribution in [3.05, 3.63) is 38.4 Å². The van der Waals surface area contributed by atoms with Crippen LogP contribution in [0.2, 0.25) is 0 Å². The molecule has 0 amide bonds. The van der Waals surface area contributed by atoms with Gasteiger partial charge in [-0.1, -0.05) is 6.92 Å². The molecule has 0 aromatic heterocycles. The number of rotatable bonds is 7. The van der Waals surface area contributed by atoms with Crippen LogP contribution in [0.4, 0.5) is 17.1 Å². The Kier molecular flexibility index (Phi) is 5.94. The zero-order chi connectivity index (χ0) is 17.9. The van der Waals surface area contributed by atoms with Crippen molar-refractivity contribution < 1.29 is 24.8 Å². The molecule has 0 radical (unpaired) electrons. The van der Waals surface area contributed by atoms with Gasteiger partial charge in [-0.05, 0) is 11.8 Å². The highest BCUT2D eigenvalue weighted by Gasteiger charge is 2.44. The molecule has 0 saturated carbocycles. The number of thioether (sulfide) groups is 1. The molecule has 0 bridgehead atoms. The maximum Gasteiger partial charge on any atom is 0.299 e. The van der Waals surface area contributed by atoms with E-state index in [0.29, 0.717) is 5.75 Å².